The van der Waals surface area contributed by atoms with Gasteiger partial charge < -0.3 is 20.3 Å². The van der Waals surface area contributed by atoms with Gasteiger partial charge >= 0.3 is 0 Å². The number of benzene rings is 2. The molecule has 0 radical (unpaired) electrons. The number of para-hydroxylation sites is 1. The largest absolute Gasteiger partial charge is 0.388 e. The Bertz CT molecular complexity index is 1020. The molecule has 198 valence electrons. The van der Waals surface area contributed by atoms with E-state index in [1.807, 2.05) is 13.8 Å². The first-order valence-electron chi connectivity index (χ1n) is 13.5. The van der Waals surface area contributed by atoms with Crippen LogP contribution in [0.2, 0.25) is 0 Å². The summed E-state index contributed by atoms with van der Waals surface area (Å²) in [5, 5.41) is 8.57. The quantitative estimate of drug-likeness (QED) is 0.386. The third kappa shape index (κ3) is 9.11. The first-order chi connectivity index (χ1) is 17.3. The fraction of sp³-hybridized carbons (Fsp3) is 0.516. The number of nitrogens with one attached hydrogen (secondary N) is 2. The number of aryl methyl sites for hydroxylation is 1. The molecule has 3 aromatic rings. The standard InChI is InChI=1S/C27H36N4.C2H6O.C2H6/c1-5-20-10-12-21(13-11-20)19-28-26-18-25(23-8-6-7-9-24(23)29-26)31-16-14-22(15-17-31)30-27(2,3)4;1-3-2;1-2/h6-13,18,22,30H,5,14-17,19H2,1-4H3,(H,28,29);1-2H3;1-2H3. The second-order valence-electron chi connectivity index (χ2n) is 10.1. The van der Waals surface area contributed by atoms with Crippen LogP contribution in [0.15, 0.2) is 54.6 Å². The summed E-state index contributed by atoms with van der Waals surface area (Å²) in [5.41, 5.74) is 5.17. The topological polar surface area (TPSA) is 49.4 Å². The Morgan fingerprint density at radius 2 is 1.53 bits per heavy atom. The molecule has 1 saturated heterocycles. The van der Waals surface area contributed by atoms with Crippen molar-refractivity contribution in [2.45, 2.75) is 78.9 Å². The first kappa shape index (κ1) is 29.6. The molecule has 1 fully saturated rings. The fourth-order valence-corrected chi connectivity index (χ4v) is 4.47. The number of hydrogen-bond acceptors (Lipinski definition) is 5. The molecule has 1 aliphatic rings. The summed E-state index contributed by atoms with van der Waals surface area (Å²) in [6, 6.07) is 20.2. The predicted octanol–water partition coefficient (Wildman–Crippen LogP) is 7.06. The summed E-state index contributed by atoms with van der Waals surface area (Å²) in [6.07, 6.45) is 3.41. The Hall–Kier alpha value is -2.63. The first-order valence-corrected chi connectivity index (χ1v) is 13.5. The summed E-state index contributed by atoms with van der Waals surface area (Å²) >= 11 is 0. The van der Waals surface area contributed by atoms with Gasteiger partial charge in [-0.1, -0.05) is 63.2 Å². The Morgan fingerprint density at radius 1 is 0.944 bits per heavy atom. The van der Waals surface area contributed by atoms with Crippen molar-refractivity contribution in [3.8, 4) is 0 Å². The molecule has 5 heteroatoms. The van der Waals surface area contributed by atoms with E-state index in [1.165, 1.54) is 35.0 Å². The molecule has 36 heavy (non-hydrogen) atoms. The van der Waals surface area contributed by atoms with Crippen LogP contribution < -0.4 is 15.5 Å². The zero-order valence-electron chi connectivity index (χ0n) is 23.8. The van der Waals surface area contributed by atoms with E-state index in [9.17, 15) is 0 Å². The van der Waals surface area contributed by atoms with Crippen molar-refractivity contribution in [3.05, 3.63) is 65.7 Å². The molecular formula is C31H48N4O. The van der Waals surface area contributed by atoms with Crippen LogP contribution in [0.5, 0.6) is 0 Å². The highest BCUT2D eigenvalue weighted by Crippen LogP contribution is 2.31. The maximum Gasteiger partial charge on any atom is 0.129 e. The average molecular weight is 493 g/mol. The molecule has 5 nitrogen and oxygen atoms in total. The van der Waals surface area contributed by atoms with E-state index in [0.717, 1.165) is 37.4 Å². The number of nitrogens with zero attached hydrogens (tertiary/aromatic N) is 2. The smallest absolute Gasteiger partial charge is 0.129 e. The molecule has 2 heterocycles. The van der Waals surface area contributed by atoms with Gasteiger partial charge in [-0.05, 0) is 57.2 Å². The molecule has 1 aliphatic heterocycles. The van der Waals surface area contributed by atoms with Crippen LogP contribution >= 0.6 is 0 Å². The van der Waals surface area contributed by atoms with E-state index < -0.39 is 0 Å². The zero-order chi connectivity index (χ0) is 26.6. The highest BCUT2D eigenvalue weighted by atomic mass is 16.4. The van der Waals surface area contributed by atoms with Crippen molar-refractivity contribution in [1.82, 2.24) is 10.3 Å². The summed E-state index contributed by atoms with van der Waals surface area (Å²) in [6.45, 7) is 15.9. The molecule has 0 saturated carbocycles. The number of pyridine rings is 1. The third-order valence-corrected chi connectivity index (χ3v) is 6.07. The molecule has 2 N–H and O–H groups in total. The van der Waals surface area contributed by atoms with Crippen LogP contribution in [0.3, 0.4) is 0 Å². The minimum atomic E-state index is 0.169. The van der Waals surface area contributed by atoms with Gasteiger partial charge in [-0.25, -0.2) is 4.98 Å². The number of aromatic nitrogens is 1. The van der Waals surface area contributed by atoms with Crippen LogP contribution in [0.4, 0.5) is 11.5 Å². The lowest BCUT2D eigenvalue weighted by Crippen LogP contribution is -2.49. The van der Waals surface area contributed by atoms with E-state index in [4.69, 9.17) is 4.98 Å². The monoisotopic (exact) mass is 492 g/mol. The molecule has 0 atom stereocenters. The summed E-state index contributed by atoms with van der Waals surface area (Å²) in [5.74, 6) is 0.947. The van der Waals surface area contributed by atoms with Crippen LogP contribution in [-0.2, 0) is 17.7 Å². The predicted molar refractivity (Wildman–Crippen MR) is 157 cm³/mol. The minimum Gasteiger partial charge on any atom is -0.388 e. The van der Waals surface area contributed by atoms with Crippen LogP contribution in [-0.4, -0.2) is 43.9 Å². The van der Waals surface area contributed by atoms with Gasteiger partial charge in [-0.3, -0.25) is 0 Å². The molecule has 1 aromatic heterocycles. The maximum absolute atomic E-state index is 4.89. The molecule has 0 amide bonds. The molecule has 0 bridgehead atoms. The van der Waals surface area contributed by atoms with E-state index in [1.54, 1.807) is 14.2 Å². The van der Waals surface area contributed by atoms with Crippen molar-refractivity contribution in [3.63, 3.8) is 0 Å². The zero-order valence-corrected chi connectivity index (χ0v) is 23.8. The minimum absolute atomic E-state index is 0.169. The molecule has 0 spiro atoms. The summed E-state index contributed by atoms with van der Waals surface area (Å²) < 4.78 is 4.25. The number of fused-ring (bicyclic) bond motifs is 1. The Balaban J connectivity index is 0.000000850. The second-order valence-corrected chi connectivity index (χ2v) is 10.1. The third-order valence-electron chi connectivity index (χ3n) is 6.07. The van der Waals surface area contributed by atoms with Gasteiger partial charge in [0.15, 0.2) is 0 Å². The lowest BCUT2D eigenvalue weighted by Gasteiger charge is -2.37. The van der Waals surface area contributed by atoms with Crippen LogP contribution in [0.25, 0.3) is 10.9 Å². The molecule has 0 unspecified atom stereocenters. The van der Waals surface area contributed by atoms with E-state index >= 15 is 0 Å². The Kier molecular flexibility index (Phi) is 12.2. The molecular weight excluding hydrogens is 444 g/mol. The number of piperidine rings is 1. The Labute approximate surface area is 219 Å². The van der Waals surface area contributed by atoms with Crippen molar-refractivity contribution in [1.29, 1.82) is 0 Å². The van der Waals surface area contributed by atoms with Crippen LogP contribution in [0.1, 0.15) is 65.5 Å². The molecule has 2 aromatic carbocycles. The lowest BCUT2D eigenvalue weighted by molar-refractivity contribution is 0.277. The average Bonchev–Trinajstić information content (AvgIpc) is 2.88. The van der Waals surface area contributed by atoms with Crippen molar-refractivity contribution >= 4 is 22.4 Å². The summed E-state index contributed by atoms with van der Waals surface area (Å²) in [4.78, 5) is 7.43. The second kappa shape index (κ2) is 14.8. The fourth-order valence-electron chi connectivity index (χ4n) is 4.47. The van der Waals surface area contributed by atoms with Gasteiger partial charge in [-0.2, -0.15) is 0 Å². The normalized spacial score (nSPS) is 13.9. The van der Waals surface area contributed by atoms with Gasteiger partial charge in [0.1, 0.15) is 5.82 Å². The lowest BCUT2D eigenvalue weighted by atomic mass is 9.99. The van der Waals surface area contributed by atoms with Crippen molar-refractivity contribution in [2.24, 2.45) is 0 Å². The summed E-state index contributed by atoms with van der Waals surface area (Å²) in [7, 11) is 3.25. The van der Waals surface area contributed by atoms with Crippen molar-refractivity contribution < 1.29 is 4.74 Å². The van der Waals surface area contributed by atoms with Gasteiger partial charge in [0.2, 0.25) is 0 Å². The highest BCUT2D eigenvalue weighted by Gasteiger charge is 2.24. The van der Waals surface area contributed by atoms with Crippen LogP contribution in [0, 0.1) is 0 Å². The van der Waals surface area contributed by atoms with Gasteiger partial charge in [0.05, 0.1) is 5.52 Å². The van der Waals surface area contributed by atoms with E-state index in [0.29, 0.717) is 6.04 Å². The van der Waals surface area contributed by atoms with E-state index in [2.05, 4.69) is 103 Å². The maximum atomic E-state index is 4.89. The number of ether oxygens (including phenoxy) is 1. The number of anilines is 2. The van der Waals surface area contributed by atoms with Gasteiger partial charge in [0, 0.05) is 62.6 Å². The van der Waals surface area contributed by atoms with Gasteiger partial charge in [0.25, 0.3) is 0 Å². The molecule has 4 rings (SSSR count). The van der Waals surface area contributed by atoms with E-state index in [-0.39, 0.29) is 5.54 Å². The van der Waals surface area contributed by atoms with Crippen molar-refractivity contribution in [2.75, 3.05) is 37.5 Å². The molecule has 0 aliphatic carbocycles. The number of rotatable bonds is 6. The number of methoxy groups -OCH3 is 1. The highest BCUT2D eigenvalue weighted by molar-refractivity contribution is 5.93. The Morgan fingerprint density at radius 3 is 2.11 bits per heavy atom. The van der Waals surface area contributed by atoms with Gasteiger partial charge in [-0.15, -0.1) is 0 Å². The SMILES string of the molecule is CC.CCc1ccc(CNc2cc(N3CCC(NC(C)(C)C)CC3)c3ccccc3n2)cc1.COC. The number of hydrogen-bond donors (Lipinski definition) is 2.